The van der Waals surface area contributed by atoms with Crippen molar-refractivity contribution in [2.24, 2.45) is 0 Å². The van der Waals surface area contributed by atoms with E-state index in [1.54, 1.807) is 43.5 Å². The number of anilines is 3. The number of rotatable bonds is 6. The molecule has 3 N–H and O–H groups in total. The van der Waals surface area contributed by atoms with E-state index in [2.05, 4.69) is 30.0 Å². The van der Waals surface area contributed by atoms with E-state index >= 15 is 0 Å². The quantitative estimate of drug-likeness (QED) is 0.417. The second-order valence-corrected chi connectivity index (χ2v) is 8.29. The van der Waals surface area contributed by atoms with E-state index in [9.17, 15) is 13.2 Å². The Morgan fingerprint density at radius 2 is 1.68 bits per heavy atom. The van der Waals surface area contributed by atoms with E-state index in [1.165, 1.54) is 18.5 Å². The van der Waals surface area contributed by atoms with Crippen LogP contribution in [0.1, 0.15) is 5.56 Å². The zero-order valence-corrected chi connectivity index (χ0v) is 17.4. The molecule has 0 fully saturated rings. The standard InChI is InChI=1S/C20H18N6O4S/c1-12-3-9-15(10-4-12)31(28,29)26-18-17-16(21-11-22-18)19(25-20(27)24-17)23-13-5-7-14(30-2)8-6-13/h3-11H,1-2H3,(H,21,22,26)(H2,23,24,25,27). The van der Waals surface area contributed by atoms with Gasteiger partial charge in [-0.1, -0.05) is 17.7 Å². The second kappa shape index (κ2) is 8.03. The number of nitrogens with zero attached hydrogens (tertiary/aromatic N) is 3. The number of hydrogen-bond donors (Lipinski definition) is 3. The molecule has 0 radical (unpaired) electrons. The van der Waals surface area contributed by atoms with Gasteiger partial charge in [-0.15, -0.1) is 0 Å². The minimum atomic E-state index is -3.93. The summed E-state index contributed by atoms with van der Waals surface area (Å²) in [6.07, 6.45) is 1.19. The SMILES string of the molecule is COc1ccc(Nc2nc(=O)[nH]c3c(NS(=O)(=O)c4ccc(C)cc4)ncnc23)cc1. The van der Waals surface area contributed by atoms with Crippen LogP contribution in [0.5, 0.6) is 5.75 Å². The lowest BCUT2D eigenvalue weighted by Gasteiger charge is -2.12. The van der Waals surface area contributed by atoms with Crippen molar-refractivity contribution in [2.45, 2.75) is 11.8 Å². The molecule has 10 nitrogen and oxygen atoms in total. The lowest BCUT2D eigenvalue weighted by molar-refractivity contribution is 0.415. The van der Waals surface area contributed by atoms with Crippen LogP contribution in [0.4, 0.5) is 17.3 Å². The van der Waals surface area contributed by atoms with E-state index in [0.717, 1.165) is 5.56 Å². The van der Waals surface area contributed by atoms with Crippen LogP contribution in [0.3, 0.4) is 0 Å². The summed E-state index contributed by atoms with van der Waals surface area (Å²) >= 11 is 0. The average molecular weight is 438 g/mol. The van der Waals surface area contributed by atoms with Crippen LogP contribution in [-0.2, 0) is 10.0 Å². The van der Waals surface area contributed by atoms with E-state index in [1.807, 2.05) is 6.92 Å². The fourth-order valence-electron chi connectivity index (χ4n) is 2.85. The fraction of sp³-hybridized carbons (Fsp3) is 0.100. The molecule has 0 saturated carbocycles. The van der Waals surface area contributed by atoms with Crippen molar-refractivity contribution in [1.82, 2.24) is 19.9 Å². The van der Waals surface area contributed by atoms with Crippen molar-refractivity contribution >= 4 is 38.4 Å². The van der Waals surface area contributed by atoms with Crippen molar-refractivity contribution in [3.63, 3.8) is 0 Å². The first kappa shape index (κ1) is 20.3. The topological polar surface area (TPSA) is 139 Å². The summed E-state index contributed by atoms with van der Waals surface area (Å²) < 4.78 is 33.1. The van der Waals surface area contributed by atoms with Gasteiger partial charge in [0, 0.05) is 5.69 Å². The summed E-state index contributed by atoms with van der Waals surface area (Å²) in [6, 6.07) is 13.3. The third kappa shape index (κ3) is 4.31. The van der Waals surface area contributed by atoms with Crippen LogP contribution in [-0.4, -0.2) is 35.5 Å². The highest BCUT2D eigenvalue weighted by atomic mass is 32.2. The molecule has 2 heterocycles. The highest BCUT2D eigenvalue weighted by Gasteiger charge is 2.19. The third-order valence-corrected chi connectivity index (χ3v) is 5.79. The number of nitrogens with one attached hydrogen (secondary N) is 3. The van der Waals surface area contributed by atoms with Crippen molar-refractivity contribution in [3.05, 3.63) is 70.9 Å². The van der Waals surface area contributed by atoms with Gasteiger partial charge in [0.2, 0.25) is 0 Å². The number of aromatic nitrogens is 4. The fourth-order valence-corrected chi connectivity index (χ4v) is 3.87. The molecule has 0 bridgehead atoms. The molecule has 0 aliphatic carbocycles. The lowest BCUT2D eigenvalue weighted by Crippen LogP contribution is -2.18. The molecule has 11 heteroatoms. The Morgan fingerprint density at radius 1 is 0.968 bits per heavy atom. The Balaban J connectivity index is 1.74. The summed E-state index contributed by atoms with van der Waals surface area (Å²) in [5.41, 5.74) is 1.23. The monoisotopic (exact) mass is 438 g/mol. The normalized spacial score (nSPS) is 11.3. The van der Waals surface area contributed by atoms with Gasteiger partial charge in [-0.25, -0.2) is 23.2 Å². The highest BCUT2D eigenvalue weighted by Crippen LogP contribution is 2.26. The summed E-state index contributed by atoms with van der Waals surface area (Å²) in [5, 5.41) is 3.01. The molecule has 4 rings (SSSR count). The lowest BCUT2D eigenvalue weighted by atomic mass is 10.2. The minimum absolute atomic E-state index is 0.0668. The number of sulfonamides is 1. The predicted molar refractivity (Wildman–Crippen MR) is 116 cm³/mol. The highest BCUT2D eigenvalue weighted by molar-refractivity contribution is 7.92. The Kier molecular flexibility index (Phi) is 5.26. The number of H-pyrrole nitrogens is 1. The smallest absolute Gasteiger partial charge is 0.347 e. The van der Waals surface area contributed by atoms with Gasteiger partial charge < -0.3 is 15.0 Å². The summed E-state index contributed by atoms with van der Waals surface area (Å²) in [4.78, 5) is 26.8. The second-order valence-electron chi connectivity index (χ2n) is 6.61. The number of hydrogen-bond acceptors (Lipinski definition) is 8. The summed E-state index contributed by atoms with van der Waals surface area (Å²) in [7, 11) is -2.37. The Morgan fingerprint density at radius 3 is 2.35 bits per heavy atom. The van der Waals surface area contributed by atoms with E-state index in [0.29, 0.717) is 11.4 Å². The number of aryl methyl sites for hydroxylation is 1. The molecule has 2 aromatic heterocycles. The molecule has 0 atom stereocenters. The molecule has 31 heavy (non-hydrogen) atoms. The van der Waals surface area contributed by atoms with Crippen molar-refractivity contribution in [3.8, 4) is 5.75 Å². The van der Waals surface area contributed by atoms with Crippen LogP contribution < -0.4 is 20.5 Å². The predicted octanol–water partition coefficient (Wildman–Crippen LogP) is 2.57. The van der Waals surface area contributed by atoms with Gasteiger partial charge in [0.15, 0.2) is 11.6 Å². The zero-order chi connectivity index (χ0) is 22.0. The van der Waals surface area contributed by atoms with Crippen molar-refractivity contribution in [1.29, 1.82) is 0 Å². The molecular formula is C20H18N6O4S. The first-order chi connectivity index (χ1) is 14.9. The van der Waals surface area contributed by atoms with Gasteiger partial charge in [0.25, 0.3) is 10.0 Å². The molecular weight excluding hydrogens is 420 g/mol. The maximum atomic E-state index is 12.8. The largest absolute Gasteiger partial charge is 0.497 e. The van der Waals surface area contributed by atoms with Crippen LogP contribution in [0, 0.1) is 6.92 Å². The van der Waals surface area contributed by atoms with Crippen LogP contribution in [0.15, 0.2) is 64.5 Å². The number of fused-ring (bicyclic) bond motifs is 1. The van der Waals surface area contributed by atoms with Crippen molar-refractivity contribution < 1.29 is 13.2 Å². The molecule has 0 saturated heterocycles. The molecule has 0 unspecified atom stereocenters. The van der Waals surface area contributed by atoms with Gasteiger partial charge in [-0.3, -0.25) is 4.72 Å². The maximum absolute atomic E-state index is 12.8. The Labute approximate surface area is 177 Å². The van der Waals surface area contributed by atoms with Crippen molar-refractivity contribution in [2.75, 3.05) is 17.1 Å². The maximum Gasteiger partial charge on any atom is 0.347 e. The van der Waals surface area contributed by atoms with Gasteiger partial charge in [-0.2, -0.15) is 4.98 Å². The van der Waals surface area contributed by atoms with Gasteiger partial charge in [0.05, 0.1) is 12.0 Å². The van der Waals surface area contributed by atoms with Crippen LogP contribution in [0.2, 0.25) is 0 Å². The van der Waals surface area contributed by atoms with Crippen LogP contribution in [0.25, 0.3) is 11.0 Å². The summed E-state index contributed by atoms with van der Waals surface area (Å²) in [5.74, 6) is 0.759. The van der Waals surface area contributed by atoms with E-state index in [-0.39, 0.29) is 27.6 Å². The number of ether oxygens (including phenoxy) is 1. The average Bonchev–Trinajstić information content (AvgIpc) is 2.75. The van der Waals surface area contributed by atoms with Crippen LogP contribution >= 0.6 is 0 Å². The molecule has 2 aromatic carbocycles. The first-order valence-corrected chi connectivity index (χ1v) is 10.6. The minimum Gasteiger partial charge on any atom is -0.497 e. The number of aromatic amines is 1. The molecule has 158 valence electrons. The zero-order valence-electron chi connectivity index (χ0n) is 16.6. The number of benzene rings is 2. The van der Waals surface area contributed by atoms with Gasteiger partial charge in [-0.05, 0) is 43.3 Å². The first-order valence-electron chi connectivity index (χ1n) is 9.11. The molecule has 0 aliphatic rings. The van der Waals surface area contributed by atoms with Gasteiger partial charge >= 0.3 is 5.69 Å². The Bertz CT molecular complexity index is 1400. The van der Waals surface area contributed by atoms with E-state index < -0.39 is 15.7 Å². The third-order valence-electron chi connectivity index (χ3n) is 4.43. The molecule has 0 amide bonds. The number of methoxy groups -OCH3 is 1. The molecule has 0 aliphatic heterocycles. The summed E-state index contributed by atoms with van der Waals surface area (Å²) in [6.45, 7) is 1.86. The molecule has 0 spiro atoms. The Hall–Kier alpha value is -3.99. The molecule has 4 aromatic rings. The van der Waals surface area contributed by atoms with E-state index in [4.69, 9.17) is 4.74 Å². The van der Waals surface area contributed by atoms with Gasteiger partial charge in [0.1, 0.15) is 23.1 Å².